The Morgan fingerprint density at radius 3 is 2.75 bits per heavy atom. The van der Waals surface area contributed by atoms with E-state index in [1.54, 1.807) is 0 Å². The van der Waals surface area contributed by atoms with E-state index in [9.17, 15) is 9.59 Å². The molecule has 5 nitrogen and oxygen atoms in total. The van der Waals surface area contributed by atoms with Gasteiger partial charge in [0.05, 0.1) is 0 Å². The van der Waals surface area contributed by atoms with Crippen molar-refractivity contribution >= 4 is 11.8 Å². The molecule has 0 aromatic rings. The van der Waals surface area contributed by atoms with Gasteiger partial charge >= 0.3 is 0 Å². The Morgan fingerprint density at radius 2 is 2.19 bits per heavy atom. The highest BCUT2D eigenvalue weighted by Crippen LogP contribution is 2.24. The number of amides is 2. The third kappa shape index (κ3) is 2.72. The number of rotatable bonds is 2. The van der Waals surface area contributed by atoms with Crippen LogP contribution in [0.15, 0.2) is 0 Å². The predicted molar refractivity (Wildman–Crippen MR) is 59.5 cm³/mol. The second kappa shape index (κ2) is 4.82. The maximum Gasteiger partial charge on any atom is 0.223 e. The minimum absolute atomic E-state index is 0.0765. The number of carbonyl (C=O) groups excluding carboxylic acids is 2. The highest BCUT2D eigenvalue weighted by Gasteiger charge is 2.29. The largest absolute Gasteiger partial charge is 0.354 e. The third-order valence-corrected chi connectivity index (χ3v) is 3.46. The first-order chi connectivity index (χ1) is 7.65. The second-order valence-electron chi connectivity index (χ2n) is 4.82. The molecule has 0 bridgehead atoms. The zero-order valence-corrected chi connectivity index (χ0v) is 9.37. The molecule has 3 atom stereocenters. The minimum atomic E-state index is 0.0765. The van der Waals surface area contributed by atoms with Crippen LogP contribution in [0.25, 0.3) is 0 Å². The number of piperidine rings is 1. The van der Waals surface area contributed by atoms with Crippen molar-refractivity contribution in [2.75, 3.05) is 6.54 Å². The lowest BCUT2D eigenvalue weighted by atomic mass is 10.0. The molecule has 2 fully saturated rings. The summed E-state index contributed by atoms with van der Waals surface area (Å²) in [6.07, 6.45) is 3.89. The lowest BCUT2D eigenvalue weighted by molar-refractivity contribution is -0.127. The number of hydrogen-bond acceptors (Lipinski definition) is 3. The highest BCUT2D eigenvalue weighted by molar-refractivity contribution is 5.80. The molecule has 1 saturated heterocycles. The maximum absolute atomic E-state index is 11.9. The molecule has 1 aliphatic carbocycles. The summed E-state index contributed by atoms with van der Waals surface area (Å²) in [5.74, 6) is 0.259. The quantitative estimate of drug-likeness (QED) is 0.593. The summed E-state index contributed by atoms with van der Waals surface area (Å²) in [5.41, 5.74) is 5.78. The summed E-state index contributed by atoms with van der Waals surface area (Å²) >= 11 is 0. The Hall–Kier alpha value is -1.10. The van der Waals surface area contributed by atoms with E-state index in [4.69, 9.17) is 5.73 Å². The number of nitrogens with two attached hydrogens (primary N) is 1. The number of nitrogens with one attached hydrogen (secondary N) is 2. The van der Waals surface area contributed by atoms with Crippen LogP contribution in [0.2, 0.25) is 0 Å². The molecule has 0 aromatic heterocycles. The molecule has 1 aliphatic heterocycles. The molecule has 90 valence electrons. The first kappa shape index (κ1) is 11.4. The Labute approximate surface area is 95.1 Å². The standard InChI is InChI=1S/C11H19N3O2/c12-8-2-1-7(5-8)11(16)14-9-3-4-10(15)13-6-9/h7-9H,1-6,12H2,(H,13,15)(H,14,16). The molecule has 0 aromatic carbocycles. The molecule has 16 heavy (non-hydrogen) atoms. The van der Waals surface area contributed by atoms with Crippen molar-refractivity contribution in [2.24, 2.45) is 11.7 Å². The predicted octanol–water partition coefficient (Wildman–Crippen LogP) is -0.491. The van der Waals surface area contributed by atoms with Crippen LogP contribution in [0.1, 0.15) is 32.1 Å². The van der Waals surface area contributed by atoms with E-state index in [-0.39, 0.29) is 29.8 Å². The van der Waals surface area contributed by atoms with Crippen LogP contribution in [0, 0.1) is 5.92 Å². The number of carbonyl (C=O) groups is 2. The highest BCUT2D eigenvalue weighted by atomic mass is 16.2. The van der Waals surface area contributed by atoms with Crippen molar-refractivity contribution in [3.63, 3.8) is 0 Å². The van der Waals surface area contributed by atoms with Crippen LogP contribution in [0.5, 0.6) is 0 Å². The molecule has 5 heteroatoms. The zero-order chi connectivity index (χ0) is 11.5. The first-order valence-corrected chi connectivity index (χ1v) is 5.98. The topological polar surface area (TPSA) is 84.2 Å². The van der Waals surface area contributed by atoms with Gasteiger partial charge in [-0.2, -0.15) is 0 Å². The van der Waals surface area contributed by atoms with Gasteiger partial charge in [0.2, 0.25) is 11.8 Å². The fourth-order valence-electron chi connectivity index (χ4n) is 2.43. The number of hydrogen-bond donors (Lipinski definition) is 3. The summed E-state index contributed by atoms with van der Waals surface area (Å²) in [4.78, 5) is 22.8. The van der Waals surface area contributed by atoms with Gasteiger partial charge in [-0.3, -0.25) is 9.59 Å². The Bertz CT molecular complexity index is 283. The third-order valence-electron chi connectivity index (χ3n) is 3.46. The van der Waals surface area contributed by atoms with Crippen LogP contribution < -0.4 is 16.4 Å². The van der Waals surface area contributed by atoms with Crippen LogP contribution >= 0.6 is 0 Å². The molecule has 0 radical (unpaired) electrons. The molecular formula is C11H19N3O2. The van der Waals surface area contributed by atoms with Crippen molar-refractivity contribution in [1.82, 2.24) is 10.6 Å². The summed E-state index contributed by atoms with van der Waals surface area (Å²) in [7, 11) is 0. The van der Waals surface area contributed by atoms with E-state index < -0.39 is 0 Å². The smallest absolute Gasteiger partial charge is 0.223 e. The molecule has 3 unspecified atom stereocenters. The van der Waals surface area contributed by atoms with Crippen molar-refractivity contribution in [2.45, 2.75) is 44.2 Å². The van der Waals surface area contributed by atoms with E-state index in [0.29, 0.717) is 13.0 Å². The Kier molecular flexibility index (Phi) is 3.43. The normalized spacial score (nSPS) is 34.6. The minimum Gasteiger partial charge on any atom is -0.354 e. The van der Waals surface area contributed by atoms with Crippen LogP contribution in [0.4, 0.5) is 0 Å². The van der Waals surface area contributed by atoms with Gasteiger partial charge in [0.15, 0.2) is 0 Å². The molecule has 2 aliphatic rings. The lowest BCUT2D eigenvalue weighted by Gasteiger charge is -2.24. The van der Waals surface area contributed by atoms with Crippen LogP contribution in [0.3, 0.4) is 0 Å². The fourth-order valence-corrected chi connectivity index (χ4v) is 2.43. The maximum atomic E-state index is 11.9. The zero-order valence-electron chi connectivity index (χ0n) is 9.37. The van der Waals surface area contributed by atoms with Gasteiger partial charge in [0.1, 0.15) is 0 Å². The van der Waals surface area contributed by atoms with Crippen molar-refractivity contribution in [3.8, 4) is 0 Å². The Morgan fingerprint density at radius 1 is 1.38 bits per heavy atom. The summed E-state index contributed by atoms with van der Waals surface area (Å²) < 4.78 is 0. The van der Waals surface area contributed by atoms with Gasteiger partial charge in [0.25, 0.3) is 0 Å². The summed E-state index contributed by atoms with van der Waals surface area (Å²) in [5, 5.41) is 5.75. The van der Waals surface area contributed by atoms with E-state index >= 15 is 0 Å². The van der Waals surface area contributed by atoms with Crippen LogP contribution in [-0.4, -0.2) is 30.4 Å². The van der Waals surface area contributed by atoms with Crippen molar-refractivity contribution in [1.29, 1.82) is 0 Å². The molecule has 0 spiro atoms. The molecule has 2 rings (SSSR count). The molecule has 1 heterocycles. The average molecular weight is 225 g/mol. The van der Waals surface area contributed by atoms with E-state index in [1.165, 1.54) is 0 Å². The van der Waals surface area contributed by atoms with Gasteiger partial charge in [-0.05, 0) is 25.7 Å². The van der Waals surface area contributed by atoms with Crippen molar-refractivity contribution < 1.29 is 9.59 Å². The second-order valence-corrected chi connectivity index (χ2v) is 4.82. The summed E-state index contributed by atoms with van der Waals surface area (Å²) in [6.45, 7) is 0.559. The fraction of sp³-hybridized carbons (Fsp3) is 0.818. The van der Waals surface area contributed by atoms with Gasteiger partial charge < -0.3 is 16.4 Å². The first-order valence-electron chi connectivity index (χ1n) is 5.98. The van der Waals surface area contributed by atoms with E-state index in [1.807, 2.05) is 0 Å². The van der Waals surface area contributed by atoms with Crippen LogP contribution in [-0.2, 0) is 9.59 Å². The molecule has 1 saturated carbocycles. The monoisotopic (exact) mass is 225 g/mol. The van der Waals surface area contributed by atoms with Gasteiger partial charge in [-0.1, -0.05) is 0 Å². The average Bonchev–Trinajstić information content (AvgIpc) is 2.68. The SMILES string of the molecule is NC1CCC(C(=O)NC2CCC(=O)NC2)C1. The van der Waals surface area contributed by atoms with Gasteiger partial charge in [0, 0.05) is 31.0 Å². The molecule has 2 amide bonds. The van der Waals surface area contributed by atoms with E-state index in [0.717, 1.165) is 25.7 Å². The van der Waals surface area contributed by atoms with Gasteiger partial charge in [-0.25, -0.2) is 0 Å². The van der Waals surface area contributed by atoms with Gasteiger partial charge in [-0.15, -0.1) is 0 Å². The summed E-state index contributed by atoms with van der Waals surface area (Å²) in [6, 6.07) is 0.281. The lowest BCUT2D eigenvalue weighted by Crippen LogP contribution is -2.49. The molecular weight excluding hydrogens is 206 g/mol. The Balaban J connectivity index is 1.77. The van der Waals surface area contributed by atoms with Crippen molar-refractivity contribution in [3.05, 3.63) is 0 Å². The molecule has 4 N–H and O–H groups in total. The van der Waals surface area contributed by atoms with E-state index in [2.05, 4.69) is 10.6 Å².